The second-order valence-electron chi connectivity index (χ2n) is 7.49. The first-order valence-corrected chi connectivity index (χ1v) is 9.63. The van der Waals surface area contributed by atoms with Crippen molar-refractivity contribution in [1.82, 2.24) is 10.2 Å². The maximum absolute atomic E-state index is 12.2. The SMILES string of the molecule is CCc1ccc(CCC(=O)NC2CCN(C(=O)CC(C)C)CC2)cc1. The highest BCUT2D eigenvalue weighted by Crippen LogP contribution is 2.14. The van der Waals surface area contributed by atoms with Crippen LogP contribution in [0.5, 0.6) is 0 Å². The summed E-state index contributed by atoms with van der Waals surface area (Å²) in [5.74, 6) is 0.762. The molecule has 0 atom stereocenters. The van der Waals surface area contributed by atoms with E-state index < -0.39 is 0 Å². The van der Waals surface area contributed by atoms with Crippen LogP contribution in [0.3, 0.4) is 0 Å². The average Bonchev–Trinajstić information content (AvgIpc) is 2.60. The molecule has 1 aromatic rings. The summed E-state index contributed by atoms with van der Waals surface area (Å²) in [4.78, 5) is 26.2. The van der Waals surface area contributed by atoms with Crippen LogP contribution in [0.15, 0.2) is 24.3 Å². The Hall–Kier alpha value is -1.84. The van der Waals surface area contributed by atoms with Crippen LogP contribution in [0, 0.1) is 5.92 Å². The zero-order valence-electron chi connectivity index (χ0n) is 15.9. The number of piperidine rings is 1. The summed E-state index contributed by atoms with van der Waals surface area (Å²) < 4.78 is 0. The lowest BCUT2D eigenvalue weighted by molar-refractivity contribution is -0.133. The summed E-state index contributed by atoms with van der Waals surface area (Å²) >= 11 is 0. The number of likely N-dealkylation sites (tertiary alicyclic amines) is 1. The Morgan fingerprint density at radius 2 is 1.72 bits per heavy atom. The number of amides is 2. The molecular formula is C21H32N2O2. The zero-order chi connectivity index (χ0) is 18.2. The Morgan fingerprint density at radius 3 is 2.28 bits per heavy atom. The van der Waals surface area contributed by atoms with Gasteiger partial charge < -0.3 is 10.2 Å². The quantitative estimate of drug-likeness (QED) is 0.825. The normalized spacial score (nSPS) is 15.4. The fraction of sp³-hybridized carbons (Fsp3) is 0.619. The van der Waals surface area contributed by atoms with E-state index in [0.717, 1.165) is 38.8 Å². The van der Waals surface area contributed by atoms with Crippen molar-refractivity contribution in [2.75, 3.05) is 13.1 Å². The summed E-state index contributed by atoms with van der Waals surface area (Å²) in [6, 6.07) is 8.71. The van der Waals surface area contributed by atoms with Gasteiger partial charge in [-0.05, 0) is 42.7 Å². The molecule has 2 amide bonds. The maximum atomic E-state index is 12.2. The highest BCUT2D eigenvalue weighted by atomic mass is 16.2. The predicted molar refractivity (Wildman–Crippen MR) is 101 cm³/mol. The number of hydrogen-bond acceptors (Lipinski definition) is 2. The third kappa shape index (κ3) is 6.52. The van der Waals surface area contributed by atoms with E-state index in [4.69, 9.17) is 0 Å². The van der Waals surface area contributed by atoms with E-state index in [2.05, 4.69) is 50.4 Å². The molecule has 4 heteroatoms. The lowest BCUT2D eigenvalue weighted by atomic mass is 10.0. The maximum Gasteiger partial charge on any atom is 0.222 e. The van der Waals surface area contributed by atoms with Crippen molar-refractivity contribution in [1.29, 1.82) is 0 Å². The van der Waals surface area contributed by atoms with Crippen molar-refractivity contribution in [2.45, 2.75) is 65.3 Å². The fourth-order valence-electron chi connectivity index (χ4n) is 3.25. The van der Waals surface area contributed by atoms with E-state index in [0.29, 0.717) is 18.8 Å². The second-order valence-corrected chi connectivity index (χ2v) is 7.49. The van der Waals surface area contributed by atoms with Gasteiger partial charge in [0.25, 0.3) is 0 Å². The van der Waals surface area contributed by atoms with Crippen molar-refractivity contribution < 1.29 is 9.59 Å². The van der Waals surface area contributed by atoms with E-state index in [1.807, 2.05) is 4.90 Å². The van der Waals surface area contributed by atoms with Crippen LogP contribution in [0.25, 0.3) is 0 Å². The molecular weight excluding hydrogens is 312 g/mol. The predicted octanol–water partition coefficient (Wildman–Crippen LogP) is 3.33. The van der Waals surface area contributed by atoms with E-state index in [1.54, 1.807) is 0 Å². The van der Waals surface area contributed by atoms with E-state index in [1.165, 1.54) is 11.1 Å². The molecule has 1 aromatic carbocycles. The molecule has 1 aliphatic rings. The van der Waals surface area contributed by atoms with Crippen LogP contribution in [0.1, 0.15) is 57.6 Å². The minimum absolute atomic E-state index is 0.117. The third-order valence-electron chi connectivity index (χ3n) is 4.87. The molecule has 138 valence electrons. The molecule has 0 bridgehead atoms. The first-order chi connectivity index (χ1) is 12.0. The summed E-state index contributed by atoms with van der Waals surface area (Å²) in [6.45, 7) is 7.80. The molecule has 0 saturated carbocycles. The van der Waals surface area contributed by atoms with Gasteiger partial charge in [-0.1, -0.05) is 45.0 Å². The highest BCUT2D eigenvalue weighted by molar-refractivity contribution is 5.77. The molecule has 1 saturated heterocycles. The Kier molecular flexibility index (Phi) is 7.48. The lowest BCUT2D eigenvalue weighted by Crippen LogP contribution is -2.46. The van der Waals surface area contributed by atoms with Crippen LogP contribution < -0.4 is 5.32 Å². The largest absolute Gasteiger partial charge is 0.353 e. The van der Waals surface area contributed by atoms with Crippen molar-refractivity contribution >= 4 is 11.8 Å². The van der Waals surface area contributed by atoms with Gasteiger partial charge in [0.2, 0.25) is 11.8 Å². The molecule has 1 heterocycles. The number of hydrogen-bond donors (Lipinski definition) is 1. The van der Waals surface area contributed by atoms with Crippen LogP contribution in [-0.2, 0) is 22.4 Å². The molecule has 1 fully saturated rings. The summed E-state index contributed by atoms with van der Waals surface area (Å²) in [5.41, 5.74) is 2.54. The molecule has 1 aliphatic heterocycles. The minimum Gasteiger partial charge on any atom is -0.353 e. The molecule has 0 radical (unpaired) electrons. The minimum atomic E-state index is 0.117. The van der Waals surface area contributed by atoms with E-state index in [9.17, 15) is 9.59 Å². The first kappa shape index (κ1) is 19.5. The average molecular weight is 344 g/mol. The van der Waals surface area contributed by atoms with Gasteiger partial charge in [0.1, 0.15) is 0 Å². The number of carbonyl (C=O) groups excluding carboxylic acids is 2. The van der Waals surface area contributed by atoms with Gasteiger partial charge in [0.05, 0.1) is 0 Å². The van der Waals surface area contributed by atoms with Gasteiger partial charge in [0, 0.05) is 32.0 Å². The number of aryl methyl sites for hydroxylation is 2. The molecule has 0 aromatic heterocycles. The van der Waals surface area contributed by atoms with Gasteiger partial charge in [0.15, 0.2) is 0 Å². The van der Waals surface area contributed by atoms with Gasteiger partial charge in [-0.25, -0.2) is 0 Å². The molecule has 1 N–H and O–H groups in total. The number of nitrogens with zero attached hydrogens (tertiary/aromatic N) is 1. The molecule has 2 rings (SSSR count). The van der Waals surface area contributed by atoms with Crippen molar-refractivity contribution in [3.05, 3.63) is 35.4 Å². The van der Waals surface area contributed by atoms with Crippen molar-refractivity contribution in [3.63, 3.8) is 0 Å². The first-order valence-electron chi connectivity index (χ1n) is 9.63. The molecule has 0 spiro atoms. The van der Waals surface area contributed by atoms with Crippen LogP contribution in [0.4, 0.5) is 0 Å². The van der Waals surface area contributed by atoms with Crippen LogP contribution in [0.2, 0.25) is 0 Å². The Bertz CT molecular complexity index is 558. The smallest absolute Gasteiger partial charge is 0.222 e. The topological polar surface area (TPSA) is 49.4 Å². The number of benzene rings is 1. The zero-order valence-corrected chi connectivity index (χ0v) is 15.9. The summed E-state index contributed by atoms with van der Waals surface area (Å²) in [6.07, 6.45) is 4.69. The fourth-order valence-corrected chi connectivity index (χ4v) is 3.25. The van der Waals surface area contributed by atoms with Gasteiger partial charge >= 0.3 is 0 Å². The Balaban J connectivity index is 1.68. The highest BCUT2D eigenvalue weighted by Gasteiger charge is 2.23. The van der Waals surface area contributed by atoms with Crippen LogP contribution >= 0.6 is 0 Å². The second kappa shape index (κ2) is 9.59. The molecule has 0 unspecified atom stereocenters. The van der Waals surface area contributed by atoms with Crippen LogP contribution in [-0.4, -0.2) is 35.8 Å². The Labute approximate surface area is 152 Å². The number of rotatable bonds is 7. The molecule has 0 aliphatic carbocycles. The van der Waals surface area contributed by atoms with Gasteiger partial charge in [-0.15, -0.1) is 0 Å². The number of nitrogens with one attached hydrogen (secondary N) is 1. The van der Waals surface area contributed by atoms with Gasteiger partial charge in [-0.2, -0.15) is 0 Å². The standard InChI is InChI=1S/C21H32N2O2/c1-4-17-5-7-18(8-6-17)9-10-20(24)22-19-11-13-23(14-12-19)21(25)15-16(2)3/h5-8,16,19H,4,9-15H2,1-3H3,(H,22,24). The van der Waals surface area contributed by atoms with Gasteiger partial charge in [-0.3, -0.25) is 9.59 Å². The monoisotopic (exact) mass is 344 g/mol. The van der Waals surface area contributed by atoms with Crippen molar-refractivity contribution in [2.24, 2.45) is 5.92 Å². The summed E-state index contributed by atoms with van der Waals surface area (Å²) in [5, 5.41) is 3.14. The van der Waals surface area contributed by atoms with Crippen molar-refractivity contribution in [3.8, 4) is 0 Å². The van der Waals surface area contributed by atoms with E-state index in [-0.39, 0.29) is 17.9 Å². The molecule has 25 heavy (non-hydrogen) atoms. The third-order valence-corrected chi connectivity index (χ3v) is 4.87. The number of carbonyl (C=O) groups is 2. The lowest BCUT2D eigenvalue weighted by Gasteiger charge is -2.33. The molecule has 4 nitrogen and oxygen atoms in total. The van der Waals surface area contributed by atoms with E-state index >= 15 is 0 Å². The Morgan fingerprint density at radius 1 is 1.12 bits per heavy atom. The summed E-state index contributed by atoms with van der Waals surface area (Å²) in [7, 11) is 0.